The van der Waals surface area contributed by atoms with Crippen molar-refractivity contribution in [2.24, 2.45) is 0 Å². The number of hydrogen-bond acceptors (Lipinski definition) is 12. The van der Waals surface area contributed by atoms with E-state index in [2.05, 4.69) is 9.97 Å². The highest BCUT2D eigenvalue weighted by atomic mass is 32.1. The van der Waals surface area contributed by atoms with Gasteiger partial charge in [-0.15, -0.1) is 22.7 Å². The van der Waals surface area contributed by atoms with Crippen molar-refractivity contribution in [1.29, 1.82) is 0 Å². The molecular formula is C34H30N4O8S2. The number of ether oxygens (including phenoxy) is 4. The van der Waals surface area contributed by atoms with Gasteiger partial charge in [-0.2, -0.15) is 0 Å². The second-order valence-electron chi connectivity index (χ2n) is 11.1. The number of pyridine rings is 2. The zero-order chi connectivity index (χ0) is 33.4. The number of fused-ring (bicyclic) bond motifs is 4. The average Bonchev–Trinajstić information content (AvgIpc) is 3.79. The molecule has 12 nitrogen and oxygen atoms in total. The molecule has 0 atom stereocenters. The lowest BCUT2D eigenvalue weighted by molar-refractivity contribution is 0.0301. The largest absolute Gasteiger partial charge is 0.495 e. The fourth-order valence-corrected chi connectivity index (χ4v) is 8.23. The van der Waals surface area contributed by atoms with E-state index in [9.17, 15) is 19.2 Å². The van der Waals surface area contributed by atoms with E-state index in [1.165, 1.54) is 23.7 Å². The first-order chi connectivity index (χ1) is 23.4. The number of rotatable bonds is 4. The summed E-state index contributed by atoms with van der Waals surface area (Å²) in [5.74, 6) is 0.664. The van der Waals surface area contributed by atoms with E-state index >= 15 is 0 Å². The molecule has 0 N–H and O–H groups in total. The Bertz CT molecular complexity index is 2080. The van der Waals surface area contributed by atoms with Crippen LogP contribution in [0.4, 0.5) is 0 Å². The van der Waals surface area contributed by atoms with Crippen LogP contribution in [0.5, 0.6) is 11.5 Å². The molecule has 0 radical (unpaired) electrons. The molecule has 2 fully saturated rings. The quantitative estimate of drug-likeness (QED) is 0.264. The second-order valence-corrected chi connectivity index (χ2v) is 12.8. The van der Waals surface area contributed by atoms with E-state index in [4.69, 9.17) is 18.9 Å². The first-order valence-corrected chi connectivity index (χ1v) is 17.0. The van der Waals surface area contributed by atoms with Crippen LogP contribution >= 0.6 is 22.7 Å². The molecule has 2 amide bonds. The highest BCUT2D eigenvalue weighted by Gasteiger charge is 2.36. The van der Waals surface area contributed by atoms with E-state index < -0.39 is 0 Å². The number of morpholine rings is 2. The van der Waals surface area contributed by atoms with Crippen LogP contribution in [0.15, 0.2) is 47.7 Å². The van der Waals surface area contributed by atoms with Gasteiger partial charge in [-0.25, -0.2) is 0 Å². The van der Waals surface area contributed by atoms with Crippen molar-refractivity contribution in [3.8, 4) is 11.5 Å². The summed E-state index contributed by atoms with van der Waals surface area (Å²) < 4.78 is 22.9. The zero-order valence-electron chi connectivity index (χ0n) is 26.1. The highest BCUT2D eigenvalue weighted by Crippen LogP contribution is 2.47. The molecule has 2 aliphatic heterocycles. The Morgan fingerprint density at radius 3 is 2.00 bits per heavy atom. The van der Waals surface area contributed by atoms with E-state index in [1.54, 1.807) is 43.0 Å². The Kier molecular flexibility index (Phi) is 8.88. The lowest BCUT2D eigenvalue weighted by atomic mass is 9.88. The molecule has 0 unspecified atom stereocenters. The summed E-state index contributed by atoms with van der Waals surface area (Å²) >= 11 is 2.65. The number of aromatic nitrogens is 2. The standard InChI is InChI=1S/C18H18N2O4S.C16H12N2O4S/c1-22-15-12-9-19-4-3-11(12)16(23-2)17-14(15)13(10-25-17)18(21)20-5-7-24-8-6-20;19-13-10-7-17-2-1-9(10)14(20)15-12(13)11(8-23-15)16(21)18-3-5-22-6-4-18/h3-4,9-10H,5-8H2,1-2H3;1-2,7-8H,3-6H2. The average molecular weight is 687 g/mol. The monoisotopic (exact) mass is 686 g/mol. The van der Waals surface area contributed by atoms with Crippen molar-refractivity contribution >= 4 is 66.9 Å². The summed E-state index contributed by atoms with van der Waals surface area (Å²) in [4.78, 5) is 63.0. The molecule has 0 spiro atoms. The molecule has 2 saturated heterocycles. The molecule has 3 aliphatic rings. The van der Waals surface area contributed by atoms with E-state index in [-0.39, 0.29) is 34.5 Å². The lowest BCUT2D eigenvalue weighted by Gasteiger charge is -2.27. The van der Waals surface area contributed by atoms with Crippen LogP contribution in [0.2, 0.25) is 0 Å². The summed E-state index contributed by atoms with van der Waals surface area (Å²) in [6.45, 7) is 4.29. The van der Waals surface area contributed by atoms with Gasteiger partial charge < -0.3 is 28.7 Å². The molecule has 4 aromatic heterocycles. The van der Waals surface area contributed by atoms with Crippen molar-refractivity contribution < 1.29 is 38.1 Å². The van der Waals surface area contributed by atoms with Gasteiger partial charge >= 0.3 is 0 Å². The van der Waals surface area contributed by atoms with Gasteiger partial charge in [-0.1, -0.05) is 0 Å². The Morgan fingerprint density at radius 1 is 0.729 bits per heavy atom. The van der Waals surface area contributed by atoms with Crippen LogP contribution < -0.4 is 9.47 Å². The number of nitrogens with zero attached hydrogens (tertiary/aromatic N) is 4. The fourth-order valence-electron chi connectivity index (χ4n) is 6.16. The number of carbonyl (C=O) groups is 4. The van der Waals surface area contributed by atoms with Crippen molar-refractivity contribution in [2.45, 2.75) is 0 Å². The van der Waals surface area contributed by atoms with Gasteiger partial charge in [0.05, 0.1) is 77.9 Å². The molecule has 1 aliphatic carbocycles. The topological polar surface area (TPSA) is 137 Å². The third-order valence-electron chi connectivity index (χ3n) is 8.53. The summed E-state index contributed by atoms with van der Waals surface area (Å²) in [7, 11) is 3.26. The van der Waals surface area contributed by atoms with Gasteiger partial charge in [0.1, 0.15) is 11.5 Å². The minimum Gasteiger partial charge on any atom is -0.495 e. The minimum absolute atomic E-state index is 0.00172. The Labute approximate surface area is 282 Å². The third-order valence-corrected chi connectivity index (χ3v) is 10.5. The summed E-state index contributed by atoms with van der Waals surface area (Å²) in [5, 5.41) is 6.05. The van der Waals surface area contributed by atoms with Gasteiger partial charge in [-0.05, 0) is 12.1 Å². The summed E-state index contributed by atoms with van der Waals surface area (Å²) in [6.07, 6.45) is 6.35. The van der Waals surface area contributed by atoms with E-state index in [0.29, 0.717) is 79.9 Å². The molecule has 0 bridgehead atoms. The van der Waals surface area contributed by atoms with E-state index in [1.807, 2.05) is 16.3 Å². The SMILES string of the molecule is COc1c2ccncc2c(OC)c2c(C(=O)N3CCOCC3)csc12.O=C1c2ccncc2C(=O)c2c(C(=O)N3CCOCC3)csc21. The molecule has 246 valence electrons. The zero-order valence-corrected chi connectivity index (χ0v) is 27.8. The summed E-state index contributed by atoms with van der Waals surface area (Å²) in [5.41, 5.74) is 1.78. The van der Waals surface area contributed by atoms with Crippen LogP contribution in [0.25, 0.3) is 20.9 Å². The third kappa shape index (κ3) is 5.40. The number of ketones is 2. The number of carbonyl (C=O) groups excluding carboxylic acids is 4. The maximum atomic E-state index is 13.0. The second kappa shape index (κ2) is 13.4. The van der Waals surface area contributed by atoms with Crippen molar-refractivity contribution in [3.63, 3.8) is 0 Å². The molecule has 1 aromatic carbocycles. The van der Waals surface area contributed by atoms with E-state index in [0.717, 1.165) is 37.9 Å². The molecule has 0 saturated carbocycles. The van der Waals surface area contributed by atoms with Crippen LogP contribution in [0.3, 0.4) is 0 Å². The van der Waals surface area contributed by atoms with Crippen LogP contribution in [0, 0.1) is 0 Å². The van der Waals surface area contributed by atoms with Crippen molar-refractivity contribution in [2.75, 3.05) is 66.8 Å². The lowest BCUT2D eigenvalue weighted by Crippen LogP contribution is -2.41. The van der Waals surface area contributed by atoms with Gasteiger partial charge in [-0.3, -0.25) is 29.1 Å². The number of amides is 2. The Hall–Kier alpha value is -4.76. The predicted molar refractivity (Wildman–Crippen MR) is 179 cm³/mol. The molecule has 6 heterocycles. The highest BCUT2D eigenvalue weighted by molar-refractivity contribution is 7.18. The molecular weight excluding hydrogens is 657 g/mol. The van der Waals surface area contributed by atoms with Crippen molar-refractivity contribution in [3.05, 3.63) is 80.4 Å². The molecule has 5 aromatic rings. The van der Waals surface area contributed by atoms with Gasteiger partial charge in [0.2, 0.25) is 5.78 Å². The van der Waals surface area contributed by atoms with Crippen molar-refractivity contribution in [1.82, 2.24) is 19.8 Å². The number of thiophene rings is 2. The maximum absolute atomic E-state index is 13.0. The van der Waals surface area contributed by atoms with Crippen LogP contribution in [0.1, 0.15) is 51.9 Å². The Balaban J connectivity index is 0.000000152. The smallest absolute Gasteiger partial charge is 0.255 e. The normalized spacial score (nSPS) is 15.9. The predicted octanol–water partition coefficient (Wildman–Crippen LogP) is 4.33. The molecule has 14 heteroatoms. The van der Waals surface area contributed by atoms with Crippen LogP contribution in [-0.2, 0) is 9.47 Å². The van der Waals surface area contributed by atoms with Gasteiger partial charge in [0.25, 0.3) is 11.8 Å². The van der Waals surface area contributed by atoms with Gasteiger partial charge in [0, 0.05) is 78.1 Å². The number of benzene rings is 1. The summed E-state index contributed by atoms with van der Waals surface area (Å²) in [6, 6.07) is 3.45. The Morgan fingerprint density at radius 2 is 1.33 bits per heavy atom. The first-order valence-electron chi connectivity index (χ1n) is 15.2. The fraction of sp³-hybridized carbons (Fsp3) is 0.294. The maximum Gasteiger partial charge on any atom is 0.255 e. The minimum atomic E-state index is -0.305. The molecule has 48 heavy (non-hydrogen) atoms. The number of hydrogen-bond donors (Lipinski definition) is 0. The first kappa shape index (κ1) is 31.8. The van der Waals surface area contributed by atoms with Crippen LogP contribution in [-0.4, -0.2) is 110 Å². The van der Waals surface area contributed by atoms with Gasteiger partial charge in [0.15, 0.2) is 5.78 Å². The molecule has 8 rings (SSSR count). The number of methoxy groups -OCH3 is 2.